The van der Waals surface area contributed by atoms with Crippen molar-refractivity contribution in [3.8, 4) is 17.2 Å². The van der Waals surface area contributed by atoms with Crippen LogP contribution in [-0.2, 0) is 6.54 Å². The molecule has 2 aromatic rings. The number of rotatable bonds is 8. The smallest absolute Gasteiger partial charge is 0.255 e. The molecule has 0 aromatic heterocycles. The number of carbonyl (C=O) groups excluding carboxylic acids is 1. The molecule has 2 rings (SSSR count). The van der Waals surface area contributed by atoms with Crippen LogP contribution in [-0.4, -0.2) is 26.7 Å². The van der Waals surface area contributed by atoms with E-state index in [9.17, 15) is 4.79 Å². The number of benzene rings is 2. The summed E-state index contributed by atoms with van der Waals surface area (Å²) < 4.78 is 17.0. The molecule has 0 saturated heterocycles. The van der Waals surface area contributed by atoms with E-state index in [0.717, 1.165) is 16.5 Å². The minimum Gasteiger partial charge on any atom is -0.493 e. The monoisotopic (exact) mass is 441 g/mol. The lowest BCUT2D eigenvalue weighted by molar-refractivity contribution is 0.0946. The number of ether oxygens (including phenoxy) is 3. The van der Waals surface area contributed by atoms with Gasteiger partial charge in [0, 0.05) is 22.1 Å². The Kier molecular flexibility index (Phi) is 7.60. The molecule has 140 valence electrons. The van der Waals surface area contributed by atoms with Gasteiger partial charge < -0.3 is 19.5 Å². The molecule has 0 spiro atoms. The van der Waals surface area contributed by atoms with E-state index in [4.69, 9.17) is 25.8 Å². The topological polar surface area (TPSA) is 56.8 Å². The summed E-state index contributed by atoms with van der Waals surface area (Å²) in [6.07, 6.45) is 0.859. The molecule has 0 heterocycles. The van der Waals surface area contributed by atoms with Crippen molar-refractivity contribution in [2.45, 2.75) is 19.9 Å². The summed E-state index contributed by atoms with van der Waals surface area (Å²) in [5.41, 5.74) is 1.19. The second-order valence-corrected chi connectivity index (χ2v) is 6.79. The average molecular weight is 443 g/mol. The molecule has 0 aliphatic carbocycles. The quantitative estimate of drug-likeness (QED) is 0.636. The van der Waals surface area contributed by atoms with E-state index in [1.54, 1.807) is 38.5 Å². The lowest BCUT2D eigenvalue weighted by Crippen LogP contribution is -2.23. The van der Waals surface area contributed by atoms with Crippen molar-refractivity contribution < 1.29 is 19.0 Å². The Bertz CT molecular complexity index is 782. The molecule has 0 aliphatic rings. The average Bonchev–Trinajstić information content (AvgIpc) is 2.65. The number of hydrogen-bond acceptors (Lipinski definition) is 4. The second kappa shape index (κ2) is 9.69. The summed E-state index contributed by atoms with van der Waals surface area (Å²) in [7, 11) is 3.09. The number of methoxy groups -OCH3 is 2. The third-order valence-corrected chi connectivity index (χ3v) is 4.49. The van der Waals surface area contributed by atoms with Crippen LogP contribution in [0.2, 0.25) is 5.02 Å². The van der Waals surface area contributed by atoms with Gasteiger partial charge in [0.1, 0.15) is 5.75 Å². The minimum absolute atomic E-state index is 0.247. The Morgan fingerprint density at radius 2 is 1.81 bits per heavy atom. The molecule has 1 amide bonds. The zero-order chi connectivity index (χ0) is 19.1. The minimum atomic E-state index is -0.247. The third-order valence-electron chi connectivity index (χ3n) is 3.64. The first-order valence-electron chi connectivity index (χ1n) is 8.11. The molecular formula is C19H21BrClNO4. The molecule has 1 N–H and O–H groups in total. The molecule has 2 aromatic carbocycles. The van der Waals surface area contributed by atoms with Crippen LogP contribution >= 0.6 is 27.5 Å². The maximum Gasteiger partial charge on any atom is 0.255 e. The van der Waals surface area contributed by atoms with Gasteiger partial charge >= 0.3 is 0 Å². The standard InChI is InChI=1S/C19H21BrClNO4/c1-4-7-26-16-6-5-13(20)9-14(16)19(23)22-11-12-8-17(24-2)18(25-3)10-15(12)21/h5-6,8-10H,4,7,11H2,1-3H3,(H,22,23). The molecule has 7 heteroatoms. The zero-order valence-electron chi connectivity index (χ0n) is 14.9. The summed E-state index contributed by atoms with van der Waals surface area (Å²) >= 11 is 9.66. The van der Waals surface area contributed by atoms with Crippen LogP contribution in [0.1, 0.15) is 29.3 Å². The molecule has 26 heavy (non-hydrogen) atoms. The lowest BCUT2D eigenvalue weighted by Gasteiger charge is -2.14. The highest BCUT2D eigenvalue weighted by Crippen LogP contribution is 2.33. The Hall–Kier alpha value is -1.92. The normalized spacial score (nSPS) is 10.3. The van der Waals surface area contributed by atoms with E-state index in [2.05, 4.69) is 21.2 Å². The van der Waals surface area contributed by atoms with Gasteiger partial charge in [-0.05, 0) is 36.2 Å². The first-order valence-corrected chi connectivity index (χ1v) is 9.28. The highest BCUT2D eigenvalue weighted by molar-refractivity contribution is 9.10. The third kappa shape index (κ3) is 5.05. The summed E-state index contributed by atoms with van der Waals surface area (Å²) in [5.74, 6) is 1.39. The van der Waals surface area contributed by atoms with Crippen LogP contribution < -0.4 is 19.5 Å². The van der Waals surface area contributed by atoms with Crippen LogP contribution in [0, 0.1) is 0 Å². The number of carbonyl (C=O) groups is 1. The van der Waals surface area contributed by atoms with Crippen molar-refractivity contribution in [1.82, 2.24) is 5.32 Å². The van der Waals surface area contributed by atoms with Crippen LogP contribution in [0.3, 0.4) is 0 Å². The fourth-order valence-corrected chi connectivity index (χ4v) is 2.90. The summed E-state index contributed by atoms with van der Waals surface area (Å²) in [4.78, 5) is 12.6. The van der Waals surface area contributed by atoms with E-state index >= 15 is 0 Å². The van der Waals surface area contributed by atoms with Crippen molar-refractivity contribution in [2.75, 3.05) is 20.8 Å². The number of nitrogens with one attached hydrogen (secondary N) is 1. The predicted octanol–water partition coefficient (Wildman–Crippen LogP) is 4.84. The molecular weight excluding hydrogens is 422 g/mol. The van der Waals surface area contributed by atoms with E-state index in [1.165, 1.54) is 0 Å². The predicted molar refractivity (Wildman–Crippen MR) is 106 cm³/mol. The van der Waals surface area contributed by atoms with Crippen molar-refractivity contribution in [1.29, 1.82) is 0 Å². The van der Waals surface area contributed by atoms with Crippen LogP contribution in [0.5, 0.6) is 17.2 Å². The first-order chi connectivity index (χ1) is 12.5. The molecule has 0 bridgehead atoms. The SMILES string of the molecule is CCCOc1ccc(Br)cc1C(=O)NCc1cc(OC)c(OC)cc1Cl. The Balaban J connectivity index is 2.17. The molecule has 0 radical (unpaired) electrons. The van der Waals surface area contributed by atoms with Crippen molar-refractivity contribution in [3.05, 3.63) is 51.0 Å². The fourth-order valence-electron chi connectivity index (χ4n) is 2.32. The maximum atomic E-state index is 12.6. The molecule has 0 atom stereocenters. The van der Waals surface area contributed by atoms with Gasteiger partial charge in [-0.25, -0.2) is 0 Å². The summed E-state index contributed by atoms with van der Waals surface area (Å²) in [6, 6.07) is 8.76. The second-order valence-electron chi connectivity index (χ2n) is 5.47. The Labute approximate surface area is 166 Å². The summed E-state index contributed by atoms with van der Waals surface area (Å²) in [5, 5.41) is 3.35. The zero-order valence-corrected chi connectivity index (χ0v) is 17.2. The van der Waals surface area contributed by atoms with Crippen molar-refractivity contribution in [3.63, 3.8) is 0 Å². The van der Waals surface area contributed by atoms with Gasteiger partial charge in [0.25, 0.3) is 5.91 Å². The highest BCUT2D eigenvalue weighted by atomic mass is 79.9. The Morgan fingerprint density at radius 3 is 2.46 bits per heavy atom. The van der Waals surface area contributed by atoms with Gasteiger partial charge in [-0.15, -0.1) is 0 Å². The Morgan fingerprint density at radius 1 is 1.12 bits per heavy atom. The van der Waals surface area contributed by atoms with Gasteiger partial charge in [0.15, 0.2) is 11.5 Å². The van der Waals surface area contributed by atoms with Gasteiger partial charge in [-0.2, -0.15) is 0 Å². The molecule has 0 fully saturated rings. The number of halogens is 2. The fraction of sp³-hybridized carbons (Fsp3) is 0.316. The van der Waals surface area contributed by atoms with Crippen LogP contribution in [0.4, 0.5) is 0 Å². The molecule has 0 unspecified atom stereocenters. The van der Waals surface area contributed by atoms with Crippen molar-refractivity contribution >= 4 is 33.4 Å². The lowest BCUT2D eigenvalue weighted by atomic mass is 10.1. The van der Waals surface area contributed by atoms with Gasteiger partial charge in [0.05, 0.1) is 26.4 Å². The largest absolute Gasteiger partial charge is 0.493 e. The van der Waals surface area contributed by atoms with E-state index in [0.29, 0.717) is 34.4 Å². The van der Waals surface area contributed by atoms with E-state index in [1.807, 2.05) is 13.0 Å². The maximum absolute atomic E-state index is 12.6. The van der Waals surface area contributed by atoms with Gasteiger partial charge in [0.2, 0.25) is 0 Å². The molecule has 0 aliphatic heterocycles. The van der Waals surface area contributed by atoms with Gasteiger partial charge in [-0.3, -0.25) is 4.79 Å². The first kappa shape index (κ1) is 20.4. The van der Waals surface area contributed by atoms with E-state index in [-0.39, 0.29) is 12.5 Å². The molecule has 0 saturated carbocycles. The number of hydrogen-bond donors (Lipinski definition) is 1. The van der Waals surface area contributed by atoms with Crippen molar-refractivity contribution in [2.24, 2.45) is 0 Å². The molecule has 5 nitrogen and oxygen atoms in total. The highest BCUT2D eigenvalue weighted by Gasteiger charge is 2.15. The number of amides is 1. The van der Waals surface area contributed by atoms with E-state index < -0.39 is 0 Å². The van der Waals surface area contributed by atoms with Gasteiger partial charge in [-0.1, -0.05) is 34.5 Å². The van der Waals surface area contributed by atoms with Crippen LogP contribution in [0.15, 0.2) is 34.8 Å². The summed E-state index contributed by atoms with van der Waals surface area (Å²) in [6.45, 7) is 2.80. The van der Waals surface area contributed by atoms with Crippen LogP contribution in [0.25, 0.3) is 0 Å².